The highest BCUT2D eigenvalue weighted by Gasteiger charge is 2.21. The molecule has 0 atom stereocenters. The third kappa shape index (κ3) is 4.09. The van der Waals surface area contributed by atoms with Crippen LogP contribution in [0.5, 0.6) is 0 Å². The van der Waals surface area contributed by atoms with E-state index in [1.165, 1.54) is 23.1 Å². The van der Waals surface area contributed by atoms with Crippen molar-refractivity contribution in [2.75, 3.05) is 6.54 Å². The van der Waals surface area contributed by atoms with Gasteiger partial charge in [-0.2, -0.15) is 0 Å². The van der Waals surface area contributed by atoms with Crippen molar-refractivity contribution in [2.24, 2.45) is 10.9 Å². The molecule has 0 saturated carbocycles. The van der Waals surface area contributed by atoms with Gasteiger partial charge in [0.05, 0.1) is 13.0 Å². The molecule has 0 radical (unpaired) electrons. The van der Waals surface area contributed by atoms with Gasteiger partial charge in [0.2, 0.25) is 5.91 Å². The van der Waals surface area contributed by atoms with E-state index in [2.05, 4.69) is 5.16 Å². The van der Waals surface area contributed by atoms with Gasteiger partial charge in [0, 0.05) is 16.6 Å². The van der Waals surface area contributed by atoms with Crippen molar-refractivity contribution in [3.8, 4) is 0 Å². The van der Waals surface area contributed by atoms with Crippen molar-refractivity contribution in [2.45, 2.75) is 26.3 Å². The lowest BCUT2D eigenvalue weighted by atomic mass is 10.1. The lowest BCUT2D eigenvalue weighted by Gasteiger charge is -2.26. The lowest BCUT2D eigenvalue weighted by Crippen LogP contribution is -2.43. The van der Waals surface area contributed by atoms with E-state index in [-0.39, 0.29) is 41.3 Å². The average molecular weight is 302 g/mol. The number of oxime groups is 1. The summed E-state index contributed by atoms with van der Waals surface area (Å²) in [6.07, 6.45) is -0.178. The molecule has 1 aromatic rings. The molecule has 7 heteroatoms. The second-order valence-electron chi connectivity index (χ2n) is 4.58. The number of hydrogen-bond donors (Lipinski definition) is 2. The van der Waals surface area contributed by atoms with Crippen LogP contribution in [0.4, 0.5) is 4.39 Å². The van der Waals surface area contributed by atoms with Gasteiger partial charge in [0.1, 0.15) is 5.82 Å². The molecule has 0 aliphatic heterocycles. The Bertz CT molecular complexity index is 500. The van der Waals surface area contributed by atoms with Crippen LogP contribution in [-0.4, -0.2) is 34.4 Å². The summed E-state index contributed by atoms with van der Waals surface area (Å²) in [6, 6.07) is 4.07. The monoisotopic (exact) mass is 301 g/mol. The summed E-state index contributed by atoms with van der Waals surface area (Å²) < 4.78 is 13.7. The van der Waals surface area contributed by atoms with Crippen LogP contribution >= 0.6 is 11.6 Å². The molecular weight excluding hydrogens is 285 g/mol. The largest absolute Gasteiger partial charge is 0.409 e. The van der Waals surface area contributed by atoms with E-state index in [1.54, 1.807) is 13.8 Å². The standard InChI is InChI=1S/C13H17ClFN3O2/c1-8(2)18(7-12(16)17-20)13(19)6-9-10(14)4-3-5-11(9)15/h3-5,8,20H,6-7H2,1-2H3,(H2,16,17). The first-order valence-corrected chi connectivity index (χ1v) is 6.43. The van der Waals surface area contributed by atoms with Crippen molar-refractivity contribution in [3.05, 3.63) is 34.6 Å². The number of nitrogens with zero attached hydrogens (tertiary/aromatic N) is 2. The van der Waals surface area contributed by atoms with E-state index >= 15 is 0 Å². The molecule has 1 aromatic carbocycles. The van der Waals surface area contributed by atoms with Crippen molar-refractivity contribution in [3.63, 3.8) is 0 Å². The molecule has 20 heavy (non-hydrogen) atoms. The Morgan fingerprint density at radius 3 is 2.70 bits per heavy atom. The fourth-order valence-corrected chi connectivity index (χ4v) is 1.95. The first-order chi connectivity index (χ1) is 9.36. The molecule has 0 aromatic heterocycles. The maximum Gasteiger partial charge on any atom is 0.227 e. The molecule has 0 saturated heterocycles. The van der Waals surface area contributed by atoms with Crippen molar-refractivity contribution >= 4 is 23.3 Å². The van der Waals surface area contributed by atoms with Gasteiger partial charge in [-0.25, -0.2) is 4.39 Å². The fourth-order valence-electron chi connectivity index (χ4n) is 1.72. The van der Waals surface area contributed by atoms with Crippen molar-refractivity contribution in [1.82, 2.24) is 4.90 Å². The SMILES string of the molecule is CC(C)N(CC(N)=NO)C(=O)Cc1c(F)cccc1Cl. The highest BCUT2D eigenvalue weighted by molar-refractivity contribution is 6.31. The van der Waals surface area contributed by atoms with Gasteiger partial charge in [-0.15, -0.1) is 0 Å². The zero-order valence-electron chi connectivity index (χ0n) is 11.3. The average Bonchev–Trinajstić information content (AvgIpc) is 2.39. The number of amidine groups is 1. The third-order valence-corrected chi connectivity index (χ3v) is 3.15. The Balaban J connectivity index is 2.92. The number of hydrogen-bond acceptors (Lipinski definition) is 3. The molecule has 0 aliphatic carbocycles. The number of halogens is 2. The predicted molar refractivity (Wildman–Crippen MR) is 75.4 cm³/mol. The maximum absolute atomic E-state index is 13.7. The summed E-state index contributed by atoms with van der Waals surface area (Å²) in [6.45, 7) is 3.54. The summed E-state index contributed by atoms with van der Waals surface area (Å²) in [7, 11) is 0. The summed E-state index contributed by atoms with van der Waals surface area (Å²) in [5.74, 6) is -0.969. The van der Waals surface area contributed by atoms with E-state index in [0.717, 1.165) is 0 Å². The lowest BCUT2D eigenvalue weighted by molar-refractivity contribution is -0.131. The Hall–Kier alpha value is -1.82. The molecule has 0 heterocycles. The number of nitrogens with two attached hydrogens (primary N) is 1. The van der Waals surface area contributed by atoms with Gasteiger partial charge in [-0.1, -0.05) is 22.8 Å². The smallest absolute Gasteiger partial charge is 0.227 e. The minimum atomic E-state index is -0.529. The summed E-state index contributed by atoms with van der Waals surface area (Å²) in [5.41, 5.74) is 5.55. The van der Waals surface area contributed by atoms with Crippen LogP contribution in [0.1, 0.15) is 19.4 Å². The fraction of sp³-hybridized carbons (Fsp3) is 0.385. The van der Waals surface area contributed by atoms with Gasteiger partial charge in [-0.05, 0) is 26.0 Å². The van der Waals surface area contributed by atoms with Crippen molar-refractivity contribution < 1.29 is 14.4 Å². The number of benzene rings is 1. The second-order valence-corrected chi connectivity index (χ2v) is 4.99. The maximum atomic E-state index is 13.7. The molecule has 0 fully saturated rings. The molecule has 1 amide bonds. The van der Waals surface area contributed by atoms with Crippen LogP contribution in [0, 0.1) is 5.82 Å². The Morgan fingerprint density at radius 2 is 2.20 bits per heavy atom. The number of rotatable bonds is 5. The Kier molecular flexibility index (Phi) is 5.76. The molecular formula is C13H17ClFN3O2. The van der Waals surface area contributed by atoms with Crippen LogP contribution in [-0.2, 0) is 11.2 Å². The van der Waals surface area contributed by atoms with Gasteiger partial charge in [0.15, 0.2) is 5.84 Å². The van der Waals surface area contributed by atoms with Crippen LogP contribution in [0.2, 0.25) is 5.02 Å². The van der Waals surface area contributed by atoms with Crippen LogP contribution < -0.4 is 5.73 Å². The van der Waals surface area contributed by atoms with Crippen LogP contribution in [0.25, 0.3) is 0 Å². The first-order valence-electron chi connectivity index (χ1n) is 6.05. The zero-order valence-corrected chi connectivity index (χ0v) is 12.1. The Morgan fingerprint density at radius 1 is 1.55 bits per heavy atom. The highest BCUT2D eigenvalue weighted by atomic mass is 35.5. The summed E-state index contributed by atoms with van der Waals surface area (Å²) in [4.78, 5) is 13.6. The molecule has 1 rings (SSSR count). The normalized spacial score (nSPS) is 11.8. The van der Waals surface area contributed by atoms with E-state index in [0.29, 0.717) is 0 Å². The van der Waals surface area contributed by atoms with E-state index < -0.39 is 5.82 Å². The second kappa shape index (κ2) is 7.09. The minimum Gasteiger partial charge on any atom is -0.409 e. The predicted octanol–water partition coefficient (Wildman–Crippen LogP) is 2.00. The highest BCUT2D eigenvalue weighted by Crippen LogP contribution is 2.20. The first kappa shape index (κ1) is 16.2. The molecule has 0 bridgehead atoms. The van der Waals surface area contributed by atoms with Crippen LogP contribution in [0.3, 0.4) is 0 Å². The minimum absolute atomic E-state index is 0.0287. The summed E-state index contributed by atoms with van der Waals surface area (Å²) >= 11 is 5.89. The molecule has 5 nitrogen and oxygen atoms in total. The molecule has 0 unspecified atom stereocenters. The van der Waals surface area contributed by atoms with Crippen molar-refractivity contribution in [1.29, 1.82) is 0 Å². The number of carbonyl (C=O) groups excluding carboxylic acids is 1. The molecule has 0 aliphatic rings. The quantitative estimate of drug-likeness (QED) is 0.378. The topological polar surface area (TPSA) is 78.9 Å². The Labute approximate surface area is 121 Å². The van der Waals surface area contributed by atoms with E-state index in [9.17, 15) is 9.18 Å². The summed E-state index contributed by atoms with van der Waals surface area (Å²) in [5, 5.41) is 11.6. The van der Waals surface area contributed by atoms with Gasteiger partial charge in [-0.3, -0.25) is 4.79 Å². The molecule has 0 spiro atoms. The molecule has 3 N–H and O–H groups in total. The van der Waals surface area contributed by atoms with Crippen LogP contribution in [0.15, 0.2) is 23.4 Å². The van der Waals surface area contributed by atoms with E-state index in [4.69, 9.17) is 22.5 Å². The van der Waals surface area contributed by atoms with Gasteiger partial charge < -0.3 is 15.8 Å². The third-order valence-electron chi connectivity index (χ3n) is 2.79. The van der Waals surface area contributed by atoms with Gasteiger partial charge >= 0.3 is 0 Å². The zero-order chi connectivity index (χ0) is 15.3. The molecule has 110 valence electrons. The van der Waals surface area contributed by atoms with E-state index in [1.807, 2.05) is 0 Å². The number of carbonyl (C=O) groups is 1. The number of amides is 1. The van der Waals surface area contributed by atoms with Gasteiger partial charge in [0.25, 0.3) is 0 Å².